The second-order valence-corrected chi connectivity index (χ2v) is 6.59. The molecule has 1 aromatic carbocycles. The molecule has 2 atom stereocenters. The summed E-state index contributed by atoms with van der Waals surface area (Å²) in [5, 5.41) is 17.9. The van der Waals surface area contributed by atoms with Crippen molar-refractivity contribution in [2.45, 2.75) is 29.1 Å². The van der Waals surface area contributed by atoms with Gasteiger partial charge in [0.05, 0.1) is 10.7 Å². The lowest BCUT2D eigenvalue weighted by Gasteiger charge is -2.24. The van der Waals surface area contributed by atoms with E-state index in [9.17, 15) is 10.1 Å². The first-order valence-corrected chi connectivity index (χ1v) is 6.90. The number of benzene rings is 1. The van der Waals surface area contributed by atoms with Crippen LogP contribution in [0.25, 0.3) is 0 Å². The summed E-state index contributed by atoms with van der Waals surface area (Å²) in [6, 6.07) is 11.8. The molecule has 0 aliphatic rings. The van der Waals surface area contributed by atoms with Gasteiger partial charge in [0.2, 0.25) is 0 Å². The summed E-state index contributed by atoms with van der Waals surface area (Å²) < 4.78 is -0.870. The predicted molar refractivity (Wildman–Crippen MR) is 76.6 cm³/mol. The first-order valence-electron chi connectivity index (χ1n) is 5.51. The monoisotopic (exact) mass is 281 g/mol. The molecule has 0 saturated heterocycles. The van der Waals surface area contributed by atoms with E-state index in [2.05, 4.69) is 18.7 Å². The van der Waals surface area contributed by atoms with Gasteiger partial charge in [-0.3, -0.25) is 4.79 Å². The fourth-order valence-electron chi connectivity index (χ4n) is 1.42. The van der Waals surface area contributed by atoms with Gasteiger partial charge < -0.3 is 5.11 Å². The van der Waals surface area contributed by atoms with E-state index in [0.29, 0.717) is 6.42 Å². The van der Waals surface area contributed by atoms with Gasteiger partial charge in [0, 0.05) is 6.42 Å². The van der Waals surface area contributed by atoms with Gasteiger partial charge in [0.15, 0.2) is 0 Å². The maximum atomic E-state index is 10.6. The highest BCUT2D eigenvalue weighted by Crippen LogP contribution is 2.43. The Bertz CT molecular complexity index is 444. The summed E-state index contributed by atoms with van der Waals surface area (Å²) in [6.45, 7) is 1.76. The molecule has 18 heavy (non-hydrogen) atoms. The average Bonchev–Trinajstić information content (AvgIpc) is 2.37. The standard InChI is InChI=1S/C13H15NO2S2/c1-13(9-14,8-7-11(15)16)18-12(17)10-5-3-2-4-6-10/h2-6,12,17H,7-8H2,1H3,(H,15,16). The minimum absolute atomic E-state index is 0.00759. The van der Waals surface area contributed by atoms with Crippen molar-refractivity contribution in [3.8, 4) is 6.07 Å². The van der Waals surface area contributed by atoms with Crippen LogP contribution in [0.3, 0.4) is 0 Å². The van der Waals surface area contributed by atoms with E-state index in [4.69, 9.17) is 5.11 Å². The Labute approximate surface area is 117 Å². The summed E-state index contributed by atoms with van der Waals surface area (Å²) in [7, 11) is 0. The summed E-state index contributed by atoms with van der Waals surface area (Å²) in [4.78, 5) is 10.6. The smallest absolute Gasteiger partial charge is 0.303 e. The van der Waals surface area contributed by atoms with Gasteiger partial charge >= 0.3 is 5.97 Å². The molecule has 0 heterocycles. The second-order valence-electron chi connectivity index (χ2n) is 4.12. The Hall–Kier alpha value is -1.12. The topological polar surface area (TPSA) is 61.1 Å². The number of carboxylic acids is 1. The molecule has 5 heteroatoms. The van der Waals surface area contributed by atoms with Crippen LogP contribution in [0.1, 0.15) is 29.9 Å². The number of aliphatic carboxylic acids is 1. The number of hydrogen-bond donors (Lipinski definition) is 2. The molecule has 0 aliphatic heterocycles. The van der Waals surface area contributed by atoms with E-state index in [1.807, 2.05) is 30.3 Å². The number of rotatable bonds is 6. The maximum absolute atomic E-state index is 10.6. The van der Waals surface area contributed by atoms with Gasteiger partial charge in [-0.25, -0.2) is 0 Å². The highest BCUT2D eigenvalue weighted by Gasteiger charge is 2.28. The molecule has 3 nitrogen and oxygen atoms in total. The number of nitrogens with zero attached hydrogens (tertiary/aromatic N) is 1. The Kier molecular flexibility index (Phi) is 5.57. The number of thiol groups is 1. The van der Waals surface area contributed by atoms with E-state index in [1.165, 1.54) is 11.8 Å². The Balaban J connectivity index is 2.68. The van der Waals surface area contributed by atoms with Gasteiger partial charge in [-0.05, 0) is 18.9 Å². The van der Waals surface area contributed by atoms with Crippen LogP contribution in [-0.2, 0) is 4.79 Å². The van der Waals surface area contributed by atoms with Crippen LogP contribution in [0.2, 0.25) is 0 Å². The van der Waals surface area contributed by atoms with Crippen molar-refractivity contribution in [3.05, 3.63) is 35.9 Å². The zero-order valence-corrected chi connectivity index (χ0v) is 11.7. The van der Waals surface area contributed by atoms with Gasteiger partial charge in [-0.2, -0.15) is 17.9 Å². The fraction of sp³-hybridized carbons (Fsp3) is 0.385. The number of thioether (sulfide) groups is 1. The van der Waals surface area contributed by atoms with Crippen molar-refractivity contribution < 1.29 is 9.90 Å². The molecule has 1 rings (SSSR count). The molecule has 1 N–H and O–H groups in total. The SMILES string of the molecule is CC(C#N)(CCC(=O)O)SC(S)c1ccccc1. The van der Waals surface area contributed by atoms with Gasteiger partial charge in [-0.1, -0.05) is 30.3 Å². The number of nitriles is 1. The minimum atomic E-state index is -0.882. The number of carboxylic acid groups (broad SMARTS) is 1. The van der Waals surface area contributed by atoms with Crippen molar-refractivity contribution in [2.24, 2.45) is 0 Å². The fourth-order valence-corrected chi connectivity index (χ4v) is 3.35. The molecule has 0 fully saturated rings. The third-order valence-electron chi connectivity index (χ3n) is 2.51. The minimum Gasteiger partial charge on any atom is -0.481 e. The molecule has 2 unspecified atom stereocenters. The van der Waals surface area contributed by atoms with Crippen molar-refractivity contribution >= 4 is 30.4 Å². The largest absolute Gasteiger partial charge is 0.481 e. The molecule has 1 aromatic rings. The highest BCUT2D eigenvalue weighted by molar-refractivity contribution is 8.10. The highest BCUT2D eigenvalue weighted by atomic mass is 32.2. The van der Waals surface area contributed by atoms with Gasteiger partial charge in [-0.15, -0.1) is 11.8 Å². The normalized spacial score (nSPS) is 15.4. The molecule has 0 amide bonds. The Morgan fingerprint density at radius 1 is 1.56 bits per heavy atom. The summed E-state index contributed by atoms with van der Waals surface area (Å²) in [6.07, 6.45) is 0.305. The summed E-state index contributed by atoms with van der Waals surface area (Å²) in [5.41, 5.74) is 1.02. The average molecular weight is 281 g/mol. The lowest BCUT2D eigenvalue weighted by Crippen LogP contribution is -2.20. The number of hydrogen-bond acceptors (Lipinski definition) is 4. The molecule has 96 valence electrons. The second kappa shape index (κ2) is 6.72. The lowest BCUT2D eigenvalue weighted by molar-refractivity contribution is -0.137. The third kappa shape index (κ3) is 4.63. The van der Waals surface area contributed by atoms with Crippen molar-refractivity contribution in [1.29, 1.82) is 5.26 Å². The van der Waals surface area contributed by atoms with Gasteiger partial charge in [0.1, 0.15) is 4.75 Å². The maximum Gasteiger partial charge on any atom is 0.303 e. The van der Waals surface area contributed by atoms with Crippen LogP contribution < -0.4 is 0 Å². The first-order chi connectivity index (χ1) is 8.47. The zero-order chi connectivity index (χ0) is 13.6. The third-order valence-corrected chi connectivity index (χ3v) is 4.43. The molecule has 0 radical (unpaired) electrons. The van der Waals surface area contributed by atoms with Crippen LogP contribution in [-0.4, -0.2) is 15.8 Å². The first kappa shape index (κ1) is 14.9. The molecule has 0 spiro atoms. The van der Waals surface area contributed by atoms with Crippen LogP contribution >= 0.6 is 24.4 Å². The molecule has 0 saturated carbocycles. The summed E-state index contributed by atoms with van der Waals surface area (Å²) in [5.74, 6) is -0.882. The Morgan fingerprint density at radius 2 is 2.17 bits per heavy atom. The molecule has 0 bridgehead atoms. The predicted octanol–water partition coefficient (Wildman–Crippen LogP) is 3.50. The molecule has 0 aromatic heterocycles. The van der Waals surface area contributed by atoms with Crippen LogP contribution in [0.4, 0.5) is 0 Å². The van der Waals surface area contributed by atoms with E-state index >= 15 is 0 Å². The van der Waals surface area contributed by atoms with Crippen LogP contribution in [0, 0.1) is 11.3 Å². The quantitative estimate of drug-likeness (QED) is 0.619. The van der Waals surface area contributed by atoms with Gasteiger partial charge in [0.25, 0.3) is 0 Å². The van der Waals surface area contributed by atoms with E-state index < -0.39 is 10.7 Å². The van der Waals surface area contributed by atoms with E-state index in [1.54, 1.807) is 6.92 Å². The summed E-state index contributed by atoms with van der Waals surface area (Å²) >= 11 is 5.86. The number of carbonyl (C=O) groups is 1. The van der Waals surface area contributed by atoms with E-state index in [0.717, 1.165) is 5.56 Å². The molecular weight excluding hydrogens is 266 g/mol. The zero-order valence-electron chi connectivity index (χ0n) is 10.0. The van der Waals surface area contributed by atoms with Crippen LogP contribution in [0.5, 0.6) is 0 Å². The lowest BCUT2D eigenvalue weighted by atomic mass is 10.1. The van der Waals surface area contributed by atoms with E-state index in [-0.39, 0.29) is 11.0 Å². The van der Waals surface area contributed by atoms with Crippen molar-refractivity contribution in [1.82, 2.24) is 0 Å². The van der Waals surface area contributed by atoms with Crippen LogP contribution in [0.15, 0.2) is 30.3 Å². The molecule has 0 aliphatic carbocycles. The van der Waals surface area contributed by atoms with Crippen molar-refractivity contribution in [3.63, 3.8) is 0 Å². The molecular formula is C13H15NO2S2. The Morgan fingerprint density at radius 3 is 2.67 bits per heavy atom. The van der Waals surface area contributed by atoms with Crippen molar-refractivity contribution in [2.75, 3.05) is 0 Å².